The van der Waals surface area contributed by atoms with Crippen LogP contribution in [0, 0.1) is 6.92 Å². The average Bonchev–Trinajstić information content (AvgIpc) is 2.83. The summed E-state index contributed by atoms with van der Waals surface area (Å²) in [5, 5.41) is 0. The minimum atomic E-state index is -0.580. The van der Waals surface area contributed by atoms with Crippen molar-refractivity contribution in [2.75, 3.05) is 13.1 Å². The smallest absolute Gasteiger partial charge is 0.410 e. The number of hydrogen-bond donors (Lipinski definition) is 1. The lowest BCUT2D eigenvalue weighted by Gasteiger charge is -2.26. The van der Waals surface area contributed by atoms with Crippen LogP contribution in [0.25, 0.3) is 0 Å². The van der Waals surface area contributed by atoms with Gasteiger partial charge in [0.15, 0.2) is 0 Å². The fourth-order valence-electron chi connectivity index (χ4n) is 2.32. The Hall–Kier alpha value is -1.56. The molecule has 0 aromatic carbocycles. The van der Waals surface area contributed by atoms with Crippen LogP contribution in [0.15, 0.2) is 6.20 Å². The molecule has 2 rings (SSSR count). The Kier molecular flexibility index (Phi) is 3.54. The number of carbonyl (C=O) groups excluding carboxylic acids is 1. The molecule has 0 saturated carbocycles. The van der Waals surface area contributed by atoms with Gasteiger partial charge in [0.2, 0.25) is 0 Å². The zero-order valence-corrected chi connectivity index (χ0v) is 12.9. The van der Waals surface area contributed by atoms with Gasteiger partial charge in [-0.25, -0.2) is 9.78 Å². The lowest BCUT2D eigenvalue weighted by atomic mass is 9.96. The lowest BCUT2D eigenvalue weighted by molar-refractivity contribution is 0.0284. The fraction of sp³-hybridized carbons (Fsp3) is 0.714. The topological polar surface area (TPSA) is 73.4 Å². The number of hydrogen-bond acceptors (Lipinski definition) is 4. The molecular formula is C14H24N4O2. The van der Waals surface area contributed by atoms with E-state index >= 15 is 0 Å². The minimum absolute atomic E-state index is 0.308. The zero-order valence-electron chi connectivity index (χ0n) is 12.9. The zero-order chi connectivity index (χ0) is 15.1. The third-order valence-corrected chi connectivity index (χ3v) is 3.57. The quantitative estimate of drug-likeness (QED) is 0.846. The largest absolute Gasteiger partial charge is 0.444 e. The van der Waals surface area contributed by atoms with Crippen molar-refractivity contribution in [2.24, 2.45) is 12.8 Å². The summed E-state index contributed by atoms with van der Waals surface area (Å²) in [6, 6.07) is 0. The molecule has 1 aromatic heterocycles. The van der Waals surface area contributed by atoms with Gasteiger partial charge in [0, 0.05) is 26.3 Å². The molecule has 0 spiro atoms. The molecule has 1 atom stereocenters. The molecule has 6 heteroatoms. The summed E-state index contributed by atoms with van der Waals surface area (Å²) in [6.07, 6.45) is 2.33. The fourth-order valence-corrected chi connectivity index (χ4v) is 2.32. The van der Waals surface area contributed by atoms with E-state index in [2.05, 4.69) is 4.98 Å². The molecule has 0 bridgehead atoms. The molecule has 1 aliphatic rings. The highest BCUT2D eigenvalue weighted by Gasteiger charge is 2.41. The summed E-state index contributed by atoms with van der Waals surface area (Å²) in [7, 11) is 1.94. The molecular weight excluding hydrogens is 256 g/mol. The predicted molar refractivity (Wildman–Crippen MR) is 76.2 cm³/mol. The van der Waals surface area contributed by atoms with Crippen molar-refractivity contribution in [1.29, 1.82) is 0 Å². The maximum atomic E-state index is 12.1. The Labute approximate surface area is 119 Å². The maximum Gasteiger partial charge on any atom is 0.410 e. The van der Waals surface area contributed by atoms with E-state index in [1.54, 1.807) is 4.90 Å². The van der Waals surface area contributed by atoms with Gasteiger partial charge in [-0.3, -0.25) is 0 Å². The van der Waals surface area contributed by atoms with Crippen LogP contribution >= 0.6 is 0 Å². The molecule has 112 valence electrons. The molecule has 6 nitrogen and oxygen atoms in total. The SMILES string of the molecule is Cc1nc(C2(N)CCN(C(=O)OC(C)(C)C)C2)cn1C. The summed E-state index contributed by atoms with van der Waals surface area (Å²) >= 11 is 0. The van der Waals surface area contributed by atoms with Gasteiger partial charge in [-0.1, -0.05) is 0 Å². The maximum absolute atomic E-state index is 12.1. The number of rotatable bonds is 1. The average molecular weight is 280 g/mol. The third kappa shape index (κ3) is 2.95. The molecule has 2 heterocycles. The first-order chi connectivity index (χ1) is 9.11. The van der Waals surface area contributed by atoms with E-state index in [0.717, 1.165) is 11.5 Å². The van der Waals surface area contributed by atoms with Gasteiger partial charge in [-0.15, -0.1) is 0 Å². The number of nitrogens with two attached hydrogens (primary N) is 1. The molecule has 1 fully saturated rings. The van der Waals surface area contributed by atoms with Crippen LogP contribution in [0.5, 0.6) is 0 Å². The van der Waals surface area contributed by atoms with Crippen molar-refractivity contribution in [2.45, 2.75) is 45.3 Å². The predicted octanol–water partition coefficient (Wildman–Crippen LogP) is 1.52. The lowest BCUT2D eigenvalue weighted by Crippen LogP contribution is -2.42. The Morgan fingerprint density at radius 2 is 2.15 bits per heavy atom. The first kappa shape index (κ1) is 14.8. The Balaban J connectivity index is 2.09. The van der Waals surface area contributed by atoms with E-state index in [1.165, 1.54) is 0 Å². The first-order valence-corrected chi connectivity index (χ1v) is 6.88. The molecule has 2 N–H and O–H groups in total. The van der Waals surface area contributed by atoms with Crippen LogP contribution in [0.1, 0.15) is 38.7 Å². The van der Waals surface area contributed by atoms with E-state index in [-0.39, 0.29) is 6.09 Å². The van der Waals surface area contributed by atoms with Crippen molar-refractivity contribution < 1.29 is 9.53 Å². The highest BCUT2D eigenvalue weighted by atomic mass is 16.6. The summed E-state index contributed by atoms with van der Waals surface area (Å²) in [5.41, 5.74) is 6.20. The van der Waals surface area contributed by atoms with Gasteiger partial charge in [0.25, 0.3) is 0 Å². The van der Waals surface area contributed by atoms with Crippen molar-refractivity contribution in [3.63, 3.8) is 0 Å². The van der Waals surface area contributed by atoms with E-state index < -0.39 is 11.1 Å². The van der Waals surface area contributed by atoms with Crippen LogP contribution in [-0.4, -0.2) is 39.2 Å². The number of carbonyl (C=O) groups is 1. The molecule has 1 saturated heterocycles. The molecule has 0 radical (unpaired) electrons. The van der Waals surface area contributed by atoms with Crippen LogP contribution < -0.4 is 5.73 Å². The Morgan fingerprint density at radius 3 is 2.65 bits per heavy atom. The molecule has 1 unspecified atom stereocenters. The minimum Gasteiger partial charge on any atom is -0.444 e. The second-order valence-electron chi connectivity index (χ2n) is 6.59. The van der Waals surface area contributed by atoms with E-state index in [1.807, 2.05) is 45.5 Å². The van der Waals surface area contributed by atoms with E-state index in [9.17, 15) is 4.79 Å². The number of likely N-dealkylation sites (tertiary alicyclic amines) is 1. The third-order valence-electron chi connectivity index (χ3n) is 3.57. The number of nitrogens with zero attached hydrogens (tertiary/aromatic N) is 3. The Bertz CT molecular complexity index is 498. The second kappa shape index (κ2) is 4.77. The first-order valence-electron chi connectivity index (χ1n) is 6.88. The van der Waals surface area contributed by atoms with Crippen molar-refractivity contribution in [3.05, 3.63) is 17.7 Å². The van der Waals surface area contributed by atoms with Crippen molar-refractivity contribution in [1.82, 2.24) is 14.5 Å². The van der Waals surface area contributed by atoms with Gasteiger partial charge in [-0.2, -0.15) is 0 Å². The highest BCUT2D eigenvalue weighted by molar-refractivity contribution is 5.68. The van der Waals surface area contributed by atoms with Gasteiger partial charge in [0.05, 0.1) is 11.2 Å². The monoisotopic (exact) mass is 280 g/mol. The van der Waals surface area contributed by atoms with Gasteiger partial charge in [-0.05, 0) is 34.1 Å². The van der Waals surface area contributed by atoms with Crippen molar-refractivity contribution in [3.8, 4) is 0 Å². The summed E-state index contributed by atoms with van der Waals surface area (Å²) in [5.74, 6) is 0.917. The van der Waals surface area contributed by atoms with E-state index in [0.29, 0.717) is 19.5 Å². The van der Waals surface area contributed by atoms with Crippen LogP contribution in [0.3, 0.4) is 0 Å². The van der Waals surface area contributed by atoms with Gasteiger partial charge in [0.1, 0.15) is 11.4 Å². The van der Waals surface area contributed by atoms with Crippen molar-refractivity contribution >= 4 is 6.09 Å². The van der Waals surface area contributed by atoms with Gasteiger partial charge >= 0.3 is 6.09 Å². The van der Waals surface area contributed by atoms with Gasteiger partial charge < -0.3 is 19.9 Å². The highest BCUT2D eigenvalue weighted by Crippen LogP contribution is 2.29. The standard InChI is InChI=1S/C14H24N4O2/c1-10-16-11(8-17(10)5)14(15)6-7-18(9-14)12(19)20-13(2,3)4/h8H,6-7,9,15H2,1-5H3. The molecule has 1 amide bonds. The molecule has 20 heavy (non-hydrogen) atoms. The Morgan fingerprint density at radius 1 is 1.50 bits per heavy atom. The summed E-state index contributed by atoms with van der Waals surface area (Å²) in [4.78, 5) is 18.2. The van der Waals surface area contributed by atoms with Crippen LogP contribution in [-0.2, 0) is 17.3 Å². The number of aromatic nitrogens is 2. The van der Waals surface area contributed by atoms with Crippen LogP contribution in [0.2, 0.25) is 0 Å². The normalized spacial score (nSPS) is 23.2. The summed E-state index contributed by atoms with van der Waals surface area (Å²) < 4.78 is 7.33. The number of aryl methyl sites for hydroxylation is 2. The summed E-state index contributed by atoms with van der Waals surface area (Å²) in [6.45, 7) is 8.56. The molecule has 1 aromatic rings. The van der Waals surface area contributed by atoms with Crippen LogP contribution in [0.4, 0.5) is 4.79 Å². The number of amides is 1. The number of imidazole rings is 1. The van der Waals surface area contributed by atoms with E-state index in [4.69, 9.17) is 10.5 Å². The molecule has 1 aliphatic heterocycles. The second-order valence-corrected chi connectivity index (χ2v) is 6.59. The molecule has 0 aliphatic carbocycles. The number of ether oxygens (including phenoxy) is 1.